The minimum Gasteiger partial charge on any atom is -0.477 e. The zero-order chi connectivity index (χ0) is 10.7. The first-order chi connectivity index (χ1) is 7.25. The molecule has 0 fully saturated rings. The van der Waals surface area contributed by atoms with Crippen LogP contribution in [-0.4, -0.2) is 29.2 Å². The van der Waals surface area contributed by atoms with Crippen molar-refractivity contribution < 1.29 is 9.90 Å². The number of rotatable bonds is 3. The van der Waals surface area contributed by atoms with Crippen LogP contribution < -0.4 is 0 Å². The highest BCUT2D eigenvalue weighted by Gasteiger charge is 2.16. The number of hydrogen-bond donors (Lipinski definition) is 1. The molecule has 1 aliphatic rings. The minimum absolute atomic E-state index is 0.126. The molecule has 0 bridgehead atoms. The van der Waals surface area contributed by atoms with Gasteiger partial charge in [-0.1, -0.05) is 30.3 Å². The second-order valence-electron chi connectivity index (χ2n) is 3.26. The lowest BCUT2D eigenvalue weighted by molar-refractivity contribution is -0.129. The number of aliphatic imine (C=N–C) groups is 2. The number of hydrogen-bond acceptors (Lipinski definition) is 3. The van der Waals surface area contributed by atoms with E-state index in [9.17, 15) is 4.79 Å². The van der Waals surface area contributed by atoms with Crippen LogP contribution in [0.5, 0.6) is 0 Å². The summed E-state index contributed by atoms with van der Waals surface area (Å²) in [6.07, 6.45) is 0.595. The number of carbonyl (C=O) groups is 1. The third-order valence-corrected chi connectivity index (χ3v) is 2.13. The summed E-state index contributed by atoms with van der Waals surface area (Å²) in [6, 6.07) is 9.75. The Morgan fingerprint density at radius 1 is 1.33 bits per heavy atom. The first-order valence-electron chi connectivity index (χ1n) is 4.64. The van der Waals surface area contributed by atoms with Gasteiger partial charge in [-0.25, -0.2) is 9.79 Å². The summed E-state index contributed by atoms with van der Waals surface area (Å²) in [6.45, 7) is 0.192. The van der Waals surface area contributed by atoms with Crippen LogP contribution in [0.4, 0.5) is 0 Å². The van der Waals surface area contributed by atoms with E-state index in [1.165, 1.54) is 0 Å². The first kappa shape index (κ1) is 9.58. The van der Waals surface area contributed by atoms with E-state index in [1.807, 2.05) is 30.3 Å². The molecule has 1 N–H and O–H groups in total. The highest BCUT2D eigenvalue weighted by molar-refractivity contribution is 6.39. The fourth-order valence-corrected chi connectivity index (χ4v) is 1.38. The van der Waals surface area contributed by atoms with Gasteiger partial charge in [-0.05, 0) is 5.56 Å². The van der Waals surface area contributed by atoms with Crippen molar-refractivity contribution in [2.24, 2.45) is 9.98 Å². The zero-order valence-corrected chi connectivity index (χ0v) is 8.05. The van der Waals surface area contributed by atoms with Crippen molar-refractivity contribution in [1.29, 1.82) is 0 Å². The van der Waals surface area contributed by atoms with Gasteiger partial charge in [-0.2, -0.15) is 0 Å². The standard InChI is InChI=1S/C11H10N2O2/c14-11(15)9-7-12-10(13-9)6-8-4-2-1-3-5-8/h1-5H,6-7H2,(H,14,15). The molecule has 76 valence electrons. The molecule has 0 amide bonds. The maximum absolute atomic E-state index is 10.6. The smallest absolute Gasteiger partial charge is 0.352 e. The molecule has 1 aliphatic heterocycles. The Morgan fingerprint density at radius 3 is 2.67 bits per heavy atom. The van der Waals surface area contributed by atoms with Crippen LogP contribution in [0.2, 0.25) is 0 Å². The summed E-state index contributed by atoms with van der Waals surface area (Å²) in [5, 5.41) is 8.69. The average Bonchev–Trinajstić information content (AvgIpc) is 2.68. The monoisotopic (exact) mass is 202 g/mol. The molecule has 0 unspecified atom stereocenters. The second-order valence-corrected chi connectivity index (χ2v) is 3.26. The normalized spacial score (nSPS) is 14.7. The molecular formula is C11H10N2O2. The SMILES string of the molecule is O=C(O)C1=NC(Cc2ccccc2)=NC1. The lowest BCUT2D eigenvalue weighted by atomic mass is 10.1. The molecule has 2 rings (SSSR count). The number of carboxylic acid groups (broad SMARTS) is 1. The van der Waals surface area contributed by atoms with E-state index >= 15 is 0 Å². The summed E-state index contributed by atoms with van der Waals surface area (Å²) >= 11 is 0. The van der Waals surface area contributed by atoms with Gasteiger partial charge in [0.15, 0.2) is 0 Å². The van der Waals surface area contributed by atoms with Crippen molar-refractivity contribution in [3.63, 3.8) is 0 Å². The first-order valence-corrected chi connectivity index (χ1v) is 4.64. The molecule has 0 spiro atoms. The third-order valence-electron chi connectivity index (χ3n) is 2.13. The molecule has 15 heavy (non-hydrogen) atoms. The van der Waals surface area contributed by atoms with Crippen LogP contribution in [0, 0.1) is 0 Å². The predicted molar refractivity (Wildman–Crippen MR) is 57.5 cm³/mol. The Labute approximate surface area is 87.0 Å². The van der Waals surface area contributed by atoms with Gasteiger partial charge in [0, 0.05) is 6.42 Å². The van der Waals surface area contributed by atoms with E-state index in [0.29, 0.717) is 12.3 Å². The molecule has 0 aromatic heterocycles. The molecule has 4 nitrogen and oxygen atoms in total. The highest BCUT2D eigenvalue weighted by Crippen LogP contribution is 2.05. The van der Waals surface area contributed by atoms with Crippen molar-refractivity contribution in [3.8, 4) is 0 Å². The van der Waals surface area contributed by atoms with Gasteiger partial charge < -0.3 is 5.11 Å². The van der Waals surface area contributed by atoms with Gasteiger partial charge in [0.1, 0.15) is 11.5 Å². The number of nitrogens with zero attached hydrogens (tertiary/aromatic N) is 2. The third kappa shape index (κ3) is 2.28. The molecular weight excluding hydrogens is 192 g/mol. The van der Waals surface area contributed by atoms with Gasteiger partial charge in [0.05, 0.1) is 6.54 Å². The zero-order valence-electron chi connectivity index (χ0n) is 8.05. The van der Waals surface area contributed by atoms with Crippen molar-refractivity contribution >= 4 is 17.5 Å². The summed E-state index contributed by atoms with van der Waals surface area (Å²) in [7, 11) is 0. The van der Waals surface area contributed by atoms with E-state index in [2.05, 4.69) is 9.98 Å². The second kappa shape index (κ2) is 4.04. The summed E-state index contributed by atoms with van der Waals surface area (Å²) in [4.78, 5) is 18.6. The molecule has 0 atom stereocenters. The molecule has 4 heteroatoms. The number of carboxylic acids is 1. The fourth-order valence-electron chi connectivity index (χ4n) is 1.38. The van der Waals surface area contributed by atoms with Crippen LogP contribution in [0.3, 0.4) is 0 Å². The lowest BCUT2D eigenvalue weighted by Crippen LogP contribution is -2.13. The Hall–Kier alpha value is -1.97. The summed E-state index contributed by atoms with van der Waals surface area (Å²) in [5.74, 6) is -0.389. The molecule has 1 heterocycles. The quantitative estimate of drug-likeness (QED) is 0.799. The van der Waals surface area contributed by atoms with Crippen molar-refractivity contribution in [2.75, 3.05) is 6.54 Å². The van der Waals surface area contributed by atoms with E-state index < -0.39 is 5.97 Å². The van der Waals surface area contributed by atoms with Crippen LogP contribution in [0.15, 0.2) is 40.3 Å². The number of amidine groups is 1. The maximum Gasteiger partial charge on any atom is 0.352 e. The van der Waals surface area contributed by atoms with Crippen LogP contribution >= 0.6 is 0 Å². The molecule has 1 aromatic carbocycles. The lowest BCUT2D eigenvalue weighted by Gasteiger charge is -1.96. The van der Waals surface area contributed by atoms with E-state index in [-0.39, 0.29) is 12.3 Å². The molecule has 0 aliphatic carbocycles. The van der Waals surface area contributed by atoms with Gasteiger partial charge in [-0.15, -0.1) is 0 Å². The van der Waals surface area contributed by atoms with Gasteiger partial charge in [0.25, 0.3) is 0 Å². The Morgan fingerprint density at radius 2 is 2.07 bits per heavy atom. The largest absolute Gasteiger partial charge is 0.477 e. The Bertz CT molecular complexity index is 435. The number of benzene rings is 1. The van der Waals surface area contributed by atoms with Crippen molar-refractivity contribution in [1.82, 2.24) is 0 Å². The molecule has 0 saturated carbocycles. The van der Waals surface area contributed by atoms with Crippen LogP contribution in [-0.2, 0) is 11.2 Å². The number of aliphatic carboxylic acids is 1. The van der Waals surface area contributed by atoms with Crippen LogP contribution in [0.25, 0.3) is 0 Å². The van der Waals surface area contributed by atoms with E-state index in [1.54, 1.807) is 0 Å². The summed E-state index contributed by atoms with van der Waals surface area (Å²) in [5.41, 5.74) is 1.22. The Balaban J connectivity index is 2.07. The van der Waals surface area contributed by atoms with E-state index in [4.69, 9.17) is 5.11 Å². The average molecular weight is 202 g/mol. The van der Waals surface area contributed by atoms with Crippen molar-refractivity contribution in [3.05, 3.63) is 35.9 Å². The maximum atomic E-state index is 10.6. The highest BCUT2D eigenvalue weighted by atomic mass is 16.4. The minimum atomic E-state index is -0.984. The van der Waals surface area contributed by atoms with E-state index in [0.717, 1.165) is 5.56 Å². The Kier molecular flexibility index (Phi) is 2.58. The molecule has 0 radical (unpaired) electrons. The van der Waals surface area contributed by atoms with Gasteiger partial charge in [-0.3, -0.25) is 4.99 Å². The predicted octanol–water partition coefficient (Wildman–Crippen LogP) is 1.17. The summed E-state index contributed by atoms with van der Waals surface area (Å²) < 4.78 is 0. The van der Waals surface area contributed by atoms with Crippen molar-refractivity contribution in [2.45, 2.75) is 6.42 Å². The molecule has 0 saturated heterocycles. The van der Waals surface area contributed by atoms with Crippen LogP contribution in [0.1, 0.15) is 5.56 Å². The van der Waals surface area contributed by atoms with Gasteiger partial charge in [0.2, 0.25) is 0 Å². The topological polar surface area (TPSA) is 62.0 Å². The molecule has 1 aromatic rings. The van der Waals surface area contributed by atoms with Gasteiger partial charge >= 0.3 is 5.97 Å². The fraction of sp³-hybridized carbons (Fsp3) is 0.182.